The van der Waals surface area contributed by atoms with E-state index in [-0.39, 0.29) is 18.6 Å². The molecule has 0 spiro atoms. The van der Waals surface area contributed by atoms with E-state index in [4.69, 9.17) is 5.73 Å². The lowest BCUT2D eigenvalue weighted by atomic mass is 10.1. The highest BCUT2D eigenvalue weighted by Crippen LogP contribution is 2.22. The van der Waals surface area contributed by atoms with Crippen molar-refractivity contribution in [1.82, 2.24) is 0 Å². The van der Waals surface area contributed by atoms with Gasteiger partial charge in [-0.3, -0.25) is 4.79 Å². The zero-order valence-corrected chi connectivity index (χ0v) is 9.48. The number of hydrogen-bond acceptors (Lipinski definition) is 2. The molecule has 0 unspecified atom stereocenters. The Morgan fingerprint density at radius 1 is 0.938 bits per heavy atom. The zero-order chi connectivity index (χ0) is 12.4. The Hall–Kier alpha value is -0.580. The molecule has 0 fully saturated rings. The number of ketones is 1. The second-order valence-electron chi connectivity index (χ2n) is 3.96. The molecule has 96 valence electrons. The molecule has 0 bridgehead atoms. The minimum atomic E-state index is -4.14. The molecular formula is C11H20F3NO. The van der Waals surface area contributed by atoms with Crippen LogP contribution in [-0.4, -0.2) is 18.5 Å². The standard InChI is InChI=1S/C11H20F3NO/c12-11(13,14)8-5-7-10(16)6-3-1-2-4-9-15/h1-9,15H2. The van der Waals surface area contributed by atoms with E-state index in [1.165, 1.54) is 0 Å². The molecule has 2 N–H and O–H groups in total. The fraction of sp³-hybridized carbons (Fsp3) is 0.909. The second kappa shape index (κ2) is 8.56. The van der Waals surface area contributed by atoms with Crippen LogP contribution < -0.4 is 5.73 Å². The van der Waals surface area contributed by atoms with Gasteiger partial charge in [0.1, 0.15) is 5.78 Å². The average Bonchev–Trinajstić information content (AvgIpc) is 2.15. The third kappa shape index (κ3) is 11.5. The lowest BCUT2D eigenvalue weighted by Gasteiger charge is -2.05. The maximum atomic E-state index is 11.8. The van der Waals surface area contributed by atoms with Crippen molar-refractivity contribution in [2.45, 2.75) is 57.5 Å². The fourth-order valence-electron chi connectivity index (χ4n) is 1.43. The summed E-state index contributed by atoms with van der Waals surface area (Å²) in [5.74, 6) is -0.0583. The number of halogens is 3. The van der Waals surface area contributed by atoms with Crippen LogP contribution >= 0.6 is 0 Å². The number of Topliss-reactive ketones (excluding diaryl/α,β-unsaturated/α-hetero) is 1. The van der Waals surface area contributed by atoms with Crippen LogP contribution in [0.15, 0.2) is 0 Å². The Labute approximate surface area is 94.4 Å². The summed E-state index contributed by atoms with van der Waals surface area (Å²) >= 11 is 0. The van der Waals surface area contributed by atoms with Crippen molar-refractivity contribution >= 4 is 5.78 Å². The first-order valence-corrected chi connectivity index (χ1v) is 5.74. The Morgan fingerprint density at radius 2 is 1.50 bits per heavy atom. The summed E-state index contributed by atoms with van der Waals surface area (Å²) in [6.07, 6.45) is -0.973. The van der Waals surface area contributed by atoms with E-state index in [0.29, 0.717) is 13.0 Å². The summed E-state index contributed by atoms with van der Waals surface area (Å²) < 4.78 is 35.3. The predicted molar refractivity (Wildman–Crippen MR) is 57.1 cm³/mol. The molecule has 16 heavy (non-hydrogen) atoms. The minimum Gasteiger partial charge on any atom is -0.330 e. The van der Waals surface area contributed by atoms with E-state index in [9.17, 15) is 18.0 Å². The Morgan fingerprint density at radius 3 is 2.06 bits per heavy atom. The van der Waals surface area contributed by atoms with E-state index in [2.05, 4.69) is 0 Å². The van der Waals surface area contributed by atoms with Gasteiger partial charge in [-0.05, 0) is 25.8 Å². The summed E-state index contributed by atoms with van der Waals surface area (Å²) in [6, 6.07) is 0. The van der Waals surface area contributed by atoms with Crippen molar-refractivity contribution < 1.29 is 18.0 Å². The number of carbonyl (C=O) groups excluding carboxylic acids is 1. The van der Waals surface area contributed by atoms with E-state index in [1.54, 1.807) is 0 Å². The van der Waals surface area contributed by atoms with Crippen molar-refractivity contribution in [2.24, 2.45) is 5.73 Å². The van der Waals surface area contributed by atoms with Gasteiger partial charge in [-0.15, -0.1) is 0 Å². The molecule has 0 heterocycles. The van der Waals surface area contributed by atoms with Gasteiger partial charge in [0.05, 0.1) is 0 Å². The van der Waals surface area contributed by atoms with Crippen molar-refractivity contribution in [2.75, 3.05) is 6.54 Å². The number of nitrogens with two attached hydrogens (primary N) is 1. The van der Waals surface area contributed by atoms with Crippen molar-refractivity contribution in [3.8, 4) is 0 Å². The Balaban J connectivity index is 3.32. The van der Waals surface area contributed by atoms with E-state index < -0.39 is 12.6 Å². The molecule has 0 aromatic heterocycles. The number of unbranched alkanes of at least 4 members (excludes halogenated alkanes) is 3. The average molecular weight is 239 g/mol. The van der Waals surface area contributed by atoms with Gasteiger partial charge in [0.2, 0.25) is 0 Å². The normalized spacial score (nSPS) is 11.8. The van der Waals surface area contributed by atoms with Gasteiger partial charge in [-0.1, -0.05) is 12.8 Å². The van der Waals surface area contributed by atoms with Crippen LogP contribution in [0, 0.1) is 0 Å². The van der Waals surface area contributed by atoms with Crippen LogP contribution in [0.2, 0.25) is 0 Å². The molecule has 0 saturated carbocycles. The molecule has 0 aliphatic carbocycles. The smallest absolute Gasteiger partial charge is 0.330 e. The number of rotatable bonds is 9. The Kier molecular flexibility index (Phi) is 8.25. The molecule has 0 rings (SSSR count). The lowest BCUT2D eigenvalue weighted by molar-refractivity contribution is -0.137. The van der Waals surface area contributed by atoms with E-state index >= 15 is 0 Å². The maximum Gasteiger partial charge on any atom is 0.389 e. The quantitative estimate of drug-likeness (QED) is 0.628. The molecule has 0 aliphatic heterocycles. The summed E-state index contributed by atoms with van der Waals surface area (Å²) in [6.45, 7) is 0.652. The van der Waals surface area contributed by atoms with Gasteiger partial charge in [0.25, 0.3) is 0 Å². The van der Waals surface area contributed by atoms with Crippen molar-refractivity contribution in [3.05, 3.63) is 0 Å². The summed E-state index contributed by atoms with van der Waals surface area (Å²) in [4.78, 5) is 11.2. The predicted octanol–water partition coefficient (Wildman–Crippen LogP) is 3.20. The van der Waals surface area contributed by atoms with Gasteiger partial charge in [0, 0.05) is 19.3 Å². The van der Waals surface area contributed by atoms with Crippen LogP contribution in [0.5, 0.6) is 0 Å². The molecule has 2 nitrogen and oxygen atoms in total. The summed E-state index contributed by atoms with van der Waals surface area (Å²) in [7, 11) is 0. The van der Waals surface area contributed by atoms with Gasteiger partial charge in [-0.2, -0.15) is 13.2 Å². The van der Waals surface area contributed by atoms with Crippen LogP contribution in [0.3, 0.4) is 0 Å². The van der Waals surface area contributed by atoms with Gasteiger partial charge >= 0.3 is 6.18 Å². The highest BCUT2D eigenvalue weighted by Gasteiger charge is 2.26. The van der Waals surface area contributed by atoms with E-state index in [1.807, 2.05) is 0 Å². The molecule has 0 aromatic rings. The largest absolute Gasteiger partial charge is 0.389 e. The number of hydrogen-bond donors (Lipinski definition) is 1. The first-order chi connectivity index (χ1) is 7.45. The van der Waals surface area contributed by atoms with Crippen LogP contribution in [0.1, 0.15) is 51.4 Å². The first kappa shape index (κ1) is 15.4. The fourth-order valence-corrected chi connectivity index (χ4v) is 1.43. The molecule has 0 aromatic carbocycles. The molecule has 0 saturated heterocycles. The summed E-state index contributed by atoms with van der Waals surface area (Å²) in [5, 5.41) is 0. The highest BCUT2D eigenvalue weighted by atomic mass is 19.4. The van der Waals surface area contributed by atoms with Gasteiger partial charge in [0.15, 0.2) is 0 Å². The first-order valence-electron chi connectivity index (χ1n) is 5.74. The van der Waals surface area contributed by atoms with Crippen LogP contribution in [-0.2, 0) is 4.79 Å². The molecule has 0 radical (unpaired) electrons. The molecule has 0 atom stereocenters. The second-order valence-corrected chi connectivity index (χ2v) is 3.96. The lowest BCUT2D eigenvalue weighted by Crippen LogP contribution is -2.08. The molecule has 0 aliphatic rings. The van der Waals surface area contributed by atoms with Crippen molar-refractivity contribution in [1.29, 1.82) is 0 Å². The zero-order valence-electron chi connectivity index (χ0n) is 9.48. The van der Waals surface area contributed by atoms with Crippen LogP contribution in [0.25, 0.3) is 0 Å². The third-order valence-electron chi connectivity index (χ3n) is 2.33. The number of alkyl halides is 3. The van der Waals surface area contributed by atoms with E-state index in [0.717, 1.165) is 25.7 Å². The maximum absolute atomic E-state index is 11.8. The monoisotopic (exact) mass is 239 g/mol. The minimum absolute atomic E-state index is 0.0520. The molecule has 5 heteroatoms. The van der Waals surface area contributed by atoms with Gasteiger partial charge in [-0.25, -0.2) is 0 Å². The van der Waals surface area contributed by atoms with Crippen molar-refractivity contribution in [3.63, 3.8) is 0 Å². The Bertz CT molecular complexity index is 192. The highest BCUT2D eigenvalue weighted by molar-refractivity contribution is 5.78. The SMILES string of the molecule is NCCCCCCC(=O)CCCC(F)(F)F. The number of carbonyl (C=O) groups is 1. The summed E-state index contributed by atoms with van der Waals surface area (Å²) in [5.41, 5.74) is 5.30. The van der Waals surface area contributed by atoms with Gasteiger partial charge < -0.3 is 5.73 Å². The third-order valence-corrected chi connectivity index (χ3v) is 2.33. The molecular weight excluding hydrogens is 219 g/mol. The van der Waals surface area contributed by atoms with Crippen LogP contribution in [0.4, 0.5) is 13.2 Å². The molecule has 0 amide bonds. The topological polar surface area (TPSA) is 43.1 Å².